The molecule has 18 heavy (non-hydrogen) atoms. The van der Waals surface area contributed by atoms with Crippen LogP contribution >= 0.6 is 0 Å². The van der Waals surface area contributed by atoms with Crippen LogP contribution in [0.3, 0.4) is 0 Å². The van der Waals surface area contributed by atoms with Crippen LogP contribution in [0.15, 0.2) is 0 Å². The van der Waals surface area contributed by atoms with Crippen molar-refractivity contribution in [2.45, 2.75) is 50.7 Å². The van der Waals surface area contributed by atoms with Gasteiger partial charge < -0.3 is 15.7 Å². The summed E-state index contributed by atoms with van der Waals surface area (Å²) in [4.78, 5) is 5.25. The SMILES string of the molecule is CC(O)(CN)CCCCN1CCN2CCCC2C1. The van der Waals surface area contributed by atoms with Crippen molar-refractivity contribution >= 4 is 0 Å². The first-order chi connectivity index (χ1) is 8.61. The molecule has 4 heteroatoms. The van der Waals surface area contributed by atoms with Crippen LogP contribution in [0.4, 0.5) is 0 Å². The van der Waals surface area contributed by atoms with E-state index in [4.69, 9.17) is 5.73 Å². The maximum atomic E-state index is 9.84. The second kappa shape index (κ2) is 6.33. The van der Waals surface area contributed by atoms with Gasteiger partial charge in [0, 0.05) is 32.2 Å². The van der Waals surface area contributed by atoms with E-state index in [0.29, 0.717) is 6.54 Å². The van der Waals surface area contributed by atoms with Crippen LogP contribution in [0.25, 0.3) is 0 Å². The van der Waals surface area contributed by atoms with E-state index in [-0.39, 0.29) is 0 Å². The number of hydrogen-bond donors (Lipinski definition) is 2. The largest absolute Gasteiger partial charge is 0.389 e. The molecule has 106 valence electrons. The minimum Gasteiger partial charge on any atom is -0.389 e. The van der Waals surface area contributed by atoms with Crippen molar-refractivity contribution in [3.8, 4) is 0 Å². The Morgan fingerprint density at radius 1 is 1.28 bits per heavy atom. The maximum Gasteiger partial charge on any atom is 0.0741 e. The topological polar surface area (TPSA) is 52.7 Å². The first-order valence-electron chi connectivity index (χ1n) is 7.49. The maximum absolute atomic E-state index is 9.84. The van der Waals surface area contributed by atoms with Gasteiger partial charge >= 0.3 is 0 Å². The van der Waals surface area contributed by atoms with Crippen LogP contribution in [0, 0.1) is 0 Å². The predicted octanol–water partition coefficient (Wildman–Crippen LogP) is 0.646. The Balaban J connectivity index is 1.60. The summed E-state index contributed by atoms with van der Waals surface area (Å²) in [5, 5.41) is 9.84. The fraction of sp³-hybridized carbons (Fsp3) is 1.00. The molecule has 2 fully saturated rings. The van der Waals surface area contributed by atoms with Crippen molar-refractivity contribution in [1.29, 1.82) is 0 Å². The number of piperazine rings is 1. The fourth-order valence-corrected chi connectivity index (χ4v) is 3.20. The van der Waals surface area contributed by atoms with E-state index in [2.05, 4.69) is 9.80 Å². The quantitative estimate of drug-likeness (QED) is 0.684. The van der Waals surface area contributed by atoms with E-state index in [1.807, 2.05) is 6.92 Å². The highest BCUT2D eigenvalue weighted by molar-refractivity contribution is 4.86. The summed E-state index contributed by atoms with van der Waals surface area (Å²) in [6, 6.07) is 0.825. The van der Waals surface area contributed by atoms with Gasteiger partial charge in [-0.2, -0.15) is 0 Å². The van der Waals surface area contributed by atoms with Crippen LogP contribution < -0.4 is 5.73 Å². The summed E-state index contributed by atoms with van der Waals surface area (Å²) in [5.74, 6) is 0. The van der Waals surface area contributed by atoms with Crippen LogP contribution in [-0.2, 0) is 0 Å². The second-order valence-electron chi connectivity index (χ2n) is 6.29. The molecule has 2 atom stereocenters. The lowest BCUT2D eigenvalue weighted by molar-refractivity contribution is 0.0544. The van der Waals surface area contributed by atoms with E-state index < -0.39 is 5.60 Å². The fourth-order valence-electron chi connectivity index (χ4n) is 3.20. The average molecular weight is 255 g/mol. The highest BCUT2D eigenvalue weighted by Crippen LogP contribution is 2.21. The molecule has 0 bridgehead atoms. The lowest BCUT2D eigenvalue weighted by Gasteiger charge is -2.37. The minimum absolute atomic E-state index is 0.369. The third-order valence-corrected chi connectivity index (χ3v) is 4.55. The van der Waals surface area contributed by atoms with E-state index in [9.17, 15) is 5.11 Å². The molecule has 0 aromatic rings. The molecule has 2 saturated heterocycles. The lowest BCUT2D eigenvalue weighted by Crippen LogP contribution is -2.50. The molecule has 0 saturated carbocycles. The molecule has 0 spiro atoms. The van der Waals surface area contributed by atoms with Gasteiger partial charge in [0.2, 0.25) is 0 Å². The van der Waals surface area contributed by atoms with Crippen molar-refractivity contribution in [1.82, 2.24) is 9.80 Å². The Labute approximate surface area is 111 Å². The summed E-state index contributed by atoms with van der Waals surface area (Å²) in [7, 11) is 0. The van der Waals surface area contributed by atoms with E-state index in [1.165, 1.54) is 52.0 Å². The van der Waals surface area contributed by atoms with Gasteiger partial charge in [-0.3, -0.25) is 4.90 Å². The Kier molecular flexibility index (Phi) is 5.01. The molecule has 0 amide bonds. The van der Waals surface area contributed by atoms with Gasteiger partial charge in [0.15, 0.2) is 0 Å². The number of fused-ring (bicyclic) bond motifs is 1. The zero-order chi connectivity index (χ0) is 13.0. The summed E-state index contributed by atoms with van der Waals surface area (Å²) >= 11 is 0. The molecule has 0 aromatic heterocycles. The summed E-state index contributed by atoms with van der Waals surface area (Å²) in [6.07, 6.45) is 5.86. The summed E-state index contributed by atoms with van der Waals surface area (Å²) in [5.41, 5.74) is 4.86. The van der Waals surface area contributed by atoms with Gasteiger partial charge in [-0.1, -0.05) is 0 Å². The molecule has 2 aliphatic heterocycles. The molecule has 0 aromatic carbocycles. The zero-order valence-corrected chi connectivity index (χ0v) is 11.8. The highest BCUT2D eigenvalue weighted by Gasteiger charge is 2.30. The minimum atomic E-state index is -0.663. The number of unbranched alkanes of at least 4 members (excludes halogenated alkanes) is 1. The molecular formula is C14H29N3O. The average Bonchev–Trinajstić information content (AvgIpc) is 2.82. The lowest BCUT2D eigenvalue weighted by atomic mass is 9.99. The molecule has 3 N–H and O–H groups in total. The Morgan fingerprint density at radius 3 is 2.89 bits per heavy atom. The van der Waals surface area contributed by atoms with Crippen LogP contribution in [-0.4, -0.2) is 65.8 Å². The number of rotatable bonds is 6. The zero-order valence-electron chi connectivity index (χ0n) is 11.8. The van der Waals surface area contributed by atoms with Gasteiger partial charge in [-0.25, -0.2) is 0 Å². The molecule has 2 rings (SSSR count). The van der Waals surface area contributed by atoms with Gasteiger partial charge in [-0.05, 0) is 52.1 Å². The highest BCUT2D eigenvalue weighted by atomic mass is 16.3. The number of nitrogens with two attached hydrogens (primary N) is 1. The Hall–Kier alpha value is -0.160. The first kappa shape index (κ1) is 14.3. The Bertz CT molecular complexity index is 257. The Morgan fingerprint density at radius 2 is 2.11 bits per heavy atom. The van der Waals surface area contributed by atoms with Gasteiger partial charge in [0.1, 0.15) is 0 Å². The molecule has 2 aliphatic rings. The number of hydrogen-bond acceptors (Lipinski definition) is 4. The van der Waals surface area contributed by atoms with E-state index in [0.717, 1.165) is 18.9 Å². The van der Waals surface area contributed by atoms with E-state index in [1.54, 1.807) is 0 Å². The monoisotopic (exact) mass is 255 g/mol. The molecule has 0 radical (unpaired) electrons. The first-order valence-corrected chi connectivity index (χ1v) is 7.49. The second-order valence-corrected chi connectivity index (χ2v) is 6.29. The van der Waals surface area contributed by atoms with Crippen molar-refractivity contribution in [2.75, 3.05) is 39.3 Å². The third kappa shape index (κ3) is 3.92. The molecule has 2 heterocycles. The predicted molar refractivity (Wildman–Crippen MR) is 74.6 cm³/mol. The number of aliphatic hydroxyl groups is 1. The standard InChI is InChI=1S/C14H29N3O/c1-14(18,12-15)6-2-3-7-16-9-10-17-8-4-5-13(17)11-16/h13,18H,2-12,15H2,1H3. The van der Waals surface area contributed by atoms with Gasteiger partial charge in [0.05, 0.1) is 5.60 Å². The van der Waals surface area contributed by atoms with Crippen molar-refractivity contribution < 1.29 is 5.11 Å². The third-order valence-electron chi connectivity index (χ3n) is 4.55. The molecule has 0 aliphatic carbocycles. The normalized spacial score (nSPS) is 29.2. The van der Waals surface area contributed by atoms with Crippen molar-refractivity contribution in [2.24, 2.45) is 5.73 Å². The smallest absolute Gasteiger partial charge is 0.0741 e. The van der Waals surface area contributed by atoms with Crippen LogP contribution in [0.2, 0.25) is 0 Å². The van der Waals surface area contributed by atoms with Crippen LogP contribution in [0.1, 0.15) is 39.0 Å². The van der Waals surface area contributed by atoms with Gasteiger partial charge in [0.25, 0.3) is 0 Å². The molecule has 4 nitrogen and oxygen atoms in total. The molecule has 2 unspecified atom stereocenters. The summed E-state index contributed by atoms with van der Waals surface area (Å²) in [6.45, 7) is 8.45. The van der Waals surface area contributed by atoms with E-state index >= 15 is 0 Å². The number of nitrogens with zero attached hydrogens (tertiary/aromatic N) is 2. The van der Waals surface area contributed by atoms with Crippen molar-refractivity contribution in [3.05, 3.63) is 0 Å². The van der Waals surface area contributed by atoms with Crippen molar-refractivity contribution in [3.63, 3.8) is 0 Å². The van der Waals surface area contributed by atoms with Crippen LogP contribution in [0.5, 0.6) is 0 Å². The summed E-state index contributed by atoms with van der Waals surface area (Å²) < 4.78 is 0. The molecular weight excluding hydrogens is 226 g/mol. The van der Waals surface area contributed by atoms with Gasteiger partial charge in [-0.15, -0.1) is 0 Å².